The molecule has 38 heavy (non-hydrogen) atoms. The van der Waals surface area contributed by atoms with Crippen molar-refractivity contribution in [1.82, 2.24) is 25.3 Å². The highest BCUT2D eigenvalue weighted by Crippen LogP contribution is 2.12. The quantitative estimate of drug-likeness (QED) is 0.420. The minimum Gasteiger partial charge on any atom is -0.480 e. The normalized spacial score (nSPS) is 17.6. The van der Waals surface area contributed by atoms with Gasteiger partial charge in [0.1, 0.15) is 17.2 Å². The second-order valence-corrected chi connectivity index (χ2v) is 12.2. The number of carboxylic acids is 1. The number of carbonyl (C=O) groups excluding carboxylic acids is 3. The molecule has 1 rings (SSSR count). The number of nitrogens with one attached hydrogen (secondary N) is 2. The van der Waals surface area contributed by atoms with Gasteiger partial charge in [-0.05, 0) is 60.0 Å². The van der Waals surface area contributed by atoms with Crippen molar-refractivity contribution in [2.75, 3.05) is 70.9 Å². The minimum absolute atomic E-state index is 0.00306. The second kappa shape index (κ2) is 16.0. The van der Waals surface area contributed by atoms with Gasteiger partial charge in [0.05, 0.1) is 6.54 Å². The minimum atomic E-state index is -1.06. The number of aliphatic carboxylic acids is 1. The Morgan fingerprint density at radius 1 is 0.868 bits per heavy atom. The van der Waals surface area contributed by atoms with Crippen LogP contribution in [0.1, 0.15) is 48.0 Å². The van der Waals surface area contributed by atoms with E-state index in [-0.39, 0.29) is 32.1 Å². The van der Waals surface area contributed by atoms with E-state index in [1.807, 2.05) is 11.2 Å². The molecule has 1 unspecified atom stereocenters. The van der Waals surface area contributed by atoms with Gasteiger partial charge >= 0.3 is 18.2 Å². The maximum absolute atomic E-state index is 13.0. The average molecular weight is 562 g/mol. The molecule has 3 amide bonds. The molecule has 0 radical (unpaired) electrons. The average Bonchev–Trinajstić information content (AvgIpc) is 2.75. The van der Waals surface area contributed by atoms with E-state index in [0.29, 0.717) is 44.9 Å². The zero-order valence-electron chi connectivity index (χ0n) is 24.0. The summed E-state index contributed by atoms with van der Waals surface area (Å²) >= 11 is 1.52. The van der Waals surface area contributed by atoms with E-state index in [0.717, 1.165) is 0 Å². The van der Waals surface area contributed by atoms with Crippen LogP contribution in [0, 0.1) is 0 Å². The highest BCUT2D eigenvalue weighted by atomic mass is 32.2. The van der Waals surface area contributed by atoms with Crippen LogP contribution in [0.2, 0.25) is 0 Å². The molecule has 1 fully saturated rings. The highest BCUT2D eigenvalue weighted by Gasteiger charge is 2.27. The molecule has 1 atom stereocenters. The predicted molar refractivity (Wildman–Crippen MR) is 147 cm³/mol. The lowest BCUT2D eigenvalue weighted by Gasteiger charge is -2.33. The van der Waals surface area contributed by atoms with Gasteiger partial charge in [-0.25, -0.2) is 14.4 Å². The van der Waals surface area contributed by atoms with E-state index < -0.39 is 35.4 Å². The van der Waals surface area contributed by atoms with Gasteiger partial charge in [0.15, 0.2) is 0 Å². The fourth-order valence-corrected chi connectivity index (χ4v) is 4.00. The van der Waals surface area contributed by atoms with Crippen LogP contribution in [0.3, 0.4) is 0 Å². The van der Waals surface area contributed by atoms with Crippen LogP contribution in [0.25, 0.3) is 0 Å². The monoisotopic (exact) mass is 561 g/mol. The Kier molecular flexibility index (Phi) is 14.2. The van der Waals surface area contributed by atoms with E-state index in [4.69, 9.17) is 9.47 Å². The molecule has 0 saturated carbocycles. The molecular weight excluding hydrogens is 514 g/mol. The van der Waals surface area contributed by atoms with Crippen LogP contribution in [0.15, 0.2) is 0 Å². The molecule has 220 valence electrons. The van der Waals surface area contributed by atoms with Gasteiger partial charge in [-0.3, -0.25) is 9.69 Å². The number of carbonyl (C=O) groups is 4. The molecule has 0 aromatic rings. The zero-order chi connectivity index (χ0) is 28.9. The summed E-state index contributed by atoms with van der Waals surface area (Å²) in [5, 5.41) is 15.3. The van der Waals surface area contributed by atoms with E-state index in [9.17, 15) is 24.3 Å². The van der Waals surface area contributed by atoms with Crippen LogP contribution < -0.4 is 10.6 Å². The van der Waals surface area contributed by atoms with Crippen molar-refractivity contribution < 1.29 is 33.8 Å². The Morgan fingerprint density at radius 2 is 1.37 bits per heavy atom. The van der Waals surface area contributed by atoms with Crippen molar-refractivity contribution in [3.63, 3.8) is 0 Å². The number of ether oxygens (including phenoxy) is 2. The number of thioether (sulfide) groups is 1. The maximum Gasteiger partial charge on any atom is 0.410 e. The molecule has 12 nitrogen and oxygen atoms in total. The number of rotatable bonds is 7. The summed E-state index contributed by atoms with van der Waals surface area (Å²) in [6.45, 7) is 13.8. The molecule has 0 aromatic carbocycles. The molecular formula is C25H47N5O7S. The lowest BCUT2D eigenvalue weighted by molar-refractivity contribution is -0.142. The molecule has 0 bridgehead atoms. The number of hydrogen-bond donors (Lipinski definition) is 3. The molecule has 1 heterocycles. The smallest absolute Gasteiger partial charge is 0.410 e. The standard InChI is InChI=1S/C25H47N5O7S/c1-24(2,3)36-22(34)29-12-10-26-9-11-28(18-20(31)27-19(21(32)33)8-17-38-7)13-14-30(16-15-29)23(35)37-25(4,5)6/h19,26H,8-18H2,1-7H3,(H,27,31)(H,32,33). The van der Waals surface area contributed by atoms with Crippen molar-refractivity contribution in [3.8, 4) is 0 Å². The summed E-state index contributed by atoms with van der Waals surface area (Å²) in [4.78, 5) is 54.9. The summed E-state index contributed by atoms with van der Waals surface area (Å²) in [6, 6.07) is -0.947. The first-order chi connectivity index (χ1) is 17.6. The molecule has 0 aliphatic carbocycles. The largest absolute Gasteiger partial charge is 0.480 e. The third-order valence-corrected chi connectivity index (χ3v) is 6.05. The second-order valence-electron chi connectivity index (χ2n) is 11.2. The lowest BCUT2D eigenvalue weighted by atomic mass is 10.2. The maximum atomic E-state index is 13.0. The van der Waals surface area contributed by atoms with E-state index in [1.165, 1.54) is 16.7 Å². The first kappa shape index (κ1) is 33.8. The van der Waals surface area contributed by atoms with Crippen LogP contribution >= 0.6 is 11.8 Å². The Bertz CT molecular complexity index is 785. The molecule has 13 heteroatoms. The third kappa shape index (κ3) is 14.6. The van der Waals surface area contributed by atoms with E-state index in [2.05, 4.69) is 10.6 Å². The van der Waals surface area contributed by atoms with Gasteiger partial charge in [-0.1, -0.05) is 0 Å². The Morgan fingerprint density at radius 3 is 1.87 bits per heavy atom. The summed E-state index contributed by atoms with van der Waals surface area (Å²) < 4.78 is 11.1. The molecule has 1 aliphatic heterocycles. The first-order valence-corrected chi connectivity index (χ1v) is 14.4. The van der Waals surface area contributed by atoms with Gasteiger partial charge < -0.3 is 35.0 Å². The van der Waals surface area contributed by atoms with Crippen LogP contribution in [-0.2, 0) is 19.1 Å². The fourth-order valence-electron chi connectivity index (χ4n) is 3.53. The Labute approximate surface area is 231 Å². The predicted octanol–water partition coefficient (Wildman–Crippen LogP) is 1.69. The SMILES string of the molecule is CSCCC(NC(=O)CN1CCNCCN(C(=O)OC(C)(C)C)CCN(C(=O)OC(C)(C)C)CC1)C(=O)O. The van der Waals surface area contributed by atoms with Gasteiger partial charge in [0.2, 0.25) is 5.91 Å². The summed E-state index contributed by atoms with van der Waals surface area (Å²) in [6.07, 6.45) is 1.26. The van der Waals surface area contributed by atoms with Crippen molar-refractivity contribution in [1.29, 1.82) is 0 Å². The van der Waals surface area contributed by atoms with Crippen molar-refractivity contribution >= 4 is 35.8 Å². The highest BCUT2D eigenvalue weighted by molar-refractivity contribution is 7.98. The number of carboxylic acid groups (broad SMARTS) is 1. The van der Waals surface area contributed by atoms with Gasteiger partial charge in [0.25, 0.3) is 0 Å². The van der Waals surface area contributed by atoms with E-state index in [1.54, 1.807) is 46.4 Å². The van der Waals surface area contributed by atoms with Crippen molar-refractivity contribution in [3.05, 3.63) is 0 Å². The number of amides is 3. The third-order valence-electron chi connectivity index (χ3n) is 5.40. The summed E-state index contributed by atoms with van der Waals surface area (Å²) in [5.74, 6) is -0.824. The fraction of sp³-hybridized carbons (Fsp3) is 0.840. The number of nitrogens with zero attached hydrogens (tertiary/aromatic N) is 3. The Balaban J connectivity index is 2.96. The van der Waals surface area contributed by atoms with Crippen molar-refractivity contribution in [2.45, 2.75) is 65.2 Å². The van der Waals surface area contributed by atoms with Crippen LogP contribution in [0.5, 0.6) is 0 Å². The summed E-state index contributed by atoms with van der Waals surface area (Å²) in [5.41, 5.74) is -1.34. The van der Waals surface area contributed by atoms with Gasteiger partial charge in [0, 0.05) is 52.4 Å². The molecule has 0 spiro atoms. The topological polar surface area (TPSA) is 141 Å². The van der Waals surface area contributed by atoms with Gasteiger partial charge in [-0.2, -0.15) is 11.8 Å². The molecule has 3 N–H and O–H groups in total. The zero-order valence-corrected chi connectivity index (χ0v) is 24.8. The van der Waals surface area contributed by atoms with E-state index >= 15 is 0 Å². The molecule has 1 aliphatic rings. The summed E-state index contributed by atoms with van der Waals surface area (Å²) in [7, 11) is 0. The van der Waals surface area contributed by atoms with Crippen LogP contribution in [0.4, 0.5) is 9.59 Å². The lowest BCUT2D eigenvalue weighted by Crippen LogP contribution is -2.51. The van der Waals surface area contributed by atoms with Crippen molar-refractivity contribution in [2.24, 2.45) is 0 Å². The molecule has 0 aromatic heterocycles. The van der Waals surface area contributed by atoms with Crippen LogP contribution in [-0.4, -0.2) is 132 Å². The van der Waals surface area contributed by atoms with Gasteiger partial charge in [-0.15, -0.1) is 0 Å². The number of hydrogen-bond acceptors (Lipinski definition) is 9. The Hall–Kier alpha value is -2.25. The molecule has 1 saturated heterocycles. The first-order valence-electron chi connectivity index (χ1n) is 13.0.